The summed E-state index contributed by atoms with van der Waals surface area (Å²) in [7, 11) is 4.78. The predicted molar refractivity (Wildman–Crippen MR) is 245 cm³/mol. The van der Waals surface area contributed by atoms with Crippen LogP contribution in [0.2, 0.25) is 0 Å². The quantitative estimate of drug-likeness (QED) is 0.142. The van der Waals surface area contributed by atoms with Crippen LogP contribution in [0.25, 0.3) is 0 Å². The van der Waals surface area contributed by atoms with Crippen LogP contribution < -0.4 is 0 Å². The number of carbonyl (C=O) groups excluding carboxylic acids is 4. The highest BCUT2D eigenvalue weighted by Crippen LogP contribution is 2.38. The standard InChI is InChI=1S/C51H81NO12/c1-31-16-12-11-13-17-33(3)43(60-8)29-39-21-19-37(7)51(59,64-39)48(56)49(57)52-23-15-14-18-40(52)50(58)63-44(35(5)27-38-20-22-41(53)45(28-38)61-9)30-42(54)34(4)26-36(6)47(55)46(62-10)25-32(2)24-31/h11-13,16-17,26,31-32,34-35,37-41,43-47,53,55,59H,14-15,18-25,27-30H2,1-10H3/b13-11+,16-12+,33-17+,36-26+/t31-,32-,34-,35-,37-,38+,39+,40?,41-,43+,44+,45-,46+,47-,51-/m1/s1. The van der Waals surface area contributed by atoms with Crippen molar-refractivity contribution < 1.29 is 58.2 Å². The average molecular weight is 900 g/mol. The number of ketones is 2. The topological polar surface area (TPSA) is 178 Å². The molecule has 13 nitrogen and oxygen atoms in total. The van der Waals surface area contributed by atoms with Crippen LogP contribution in [0.15, 0.2) is 47.6 Å². The van der Waals surface area contributed by atoms with E-state index in [-0.39, 0.29) is 61.0 Å². The molecule has 0 aromatic rings. The third-order valence-corrected chi connectivity index (χ3v) is 14.5. The van der Waals surface area contributed by atoms with Gasteiger partial charge in [0.25, 0.3) is 11.7 Å². The number of cyclic esters (lactones) is 1. The van der Waals surface area contributed by atoms with Gasteiger partial charge in [-0.2, -0.15) is 0 Å². The van der Waals surface area contributed by atoms with Gasteiger partial charge >= 0.3 is 5.97 Å². The third-order valence-electron chi connectivity index (χ3n) is 14.5. The van der Waals surface area contributed by atoms with Gasteiger partial charge in [0.15, 0.2) is 0 Å². The molecule has 0 spiro atoms. The summed E-state index contributed by atoms with van der Waals surface area (Å²) in [5.74, 6) is -6.38. The number of Topliss-reactive ketones (excluding diaryl/α,β-unsaturated/α-hetero) is 2. The highest BCUT2D eigenvalue weighted by Gasteiger charge is 2.53. The van der Waals surface area contributed by atoms with E-state index in [0.717, 1.165) is 18.4 Å². The summed E-state index contributed by atoms with van der Waals surface area (Å²) in [6, 6.07) is -1.10. The van der Waals surface area contributed by atoms with Crippen LogP contribution in [0.3, 0.4) is 0 Å². The van der Waals surface area contributed by atoms with Gasteiger partial charge in [0.2, 0.25) is 5.79 Å². The van der Waals surface area contributed by atoms with Crippen LogP contribution in [-0.4, -0.2) is 126 Å². The Labute approximate surface area is 383 Å². The number of aliphatic hydroxyl groups excluding tert-OH is 2. The molecule has 0 aromatic heterocycles. The van der Waals surface area contributed by atoms with Gasteiger partial charge in [-0.1, -0.05) is 71.1 Å². The van der Waals surface area contributed by atoms with Crippen molar-refractivity contribution in [3.63, 3.8) is 0 Å². The first-order valence-electron chi connectivity index (χ1n) is 24.0. The van der Waals surface area contributed by atoms with Gasteiger partial charge in [-0.05, 0) is 119 Å². The molecule has 2 bridgehead atoms. The SMILES string of the molecule is CO[C@H]1C[C@@H]2CC[C@@H](C)[C@@](O)(O2)C(=O)C(=O)N2CCCCC2C(=O)O[C@H]([C@H](C)C[C@@H]2CC[C@@H](O)[C@H](OC)C2)CC(=O)[C@H](C)/C=C(\C)[C@@H](O)[C@@H](OC)C[C@H](C)C[C@H](C)/C=C/C=C/C=C/1C. The molecule has 362 valence electrons. The van der Waals surface area contributed by atoms with E-state index in [2.05, 4.69) is 19.9 Å². The van der Waals surface area contributed by atoms with Crippen molar-refractivity contribution in [1.29, 1.82) is 0 Å². The first kappa shape index (κ1) is 53.6. The van der Waals surface area contributed by atoms with E-state index in [1.54, 1.807) is 48.2 Å². The molecular formula is C51H81NO12. The number of allylic oxidation sites excluding steroid dienone is 6. The first-order valence-corrected chi connectivity index (χ1v) is 24.0. The lowest BCUT2D eigenvalue weighted by molar-refractivity contribution is -0.265. The summed E-state index contributed by atoms with van der Waals surface area (Å²) in [4.78, 5) is 58.1. The van der Waals surface area contributed by atoms with Crippen LogP contribution >= 0.6 is 0 Å². The van der Waals surface area contributed by atoms with Gasteiger partial charge in [0, 0.05) is 52.6 Å². The Morgan fingerprint density at radius 2 is 1.55 bits per heavy atom. The molecule has 2 saturated heterocycles. The van der Waals surface area contributed by atoms with Crippen LogP contribution in [0.1, 0.15) is 132 Å². The number of fused-ring (bicyclic) bond motifs is 3. The highest BCUT2D eigenvalue weighted by molar-refractivity contribution is 6.39. The molecule has 3 aliphatic heterocycles. The molecule has 1 saturated carbocycles. The summed E-state index contributed by atoms with van der Waals surface area (Å²) in [5.41, 5.74) is 1.54. The maximum Gasteiger partial charge on any atom is 0.329 e. The minimum Gasteiger partial charge on any atom is -0.460 e. The Bertz CT molecular complexity index is 1670. The van der Waals surface area contributed by atoms with Gasteiger partial charge < -0.3 is 43.9 Å². The number of rotatable bonds is 6. The summed E-state index contributed by atoms with van der Waals surface area (Å²) >= 11 is 0. The molecule has 13 heteroatoms. The number of aliphatic hydroxyl groups is 3. The molecule has 0 radical (unpaired) electrons. The number of nitrogens with zero attached hydrogens (tertiary/aromatic N) is 1. The van der Waals surface area contributed by atoms with Gasteiger partial charge in [0.05, 0.1) is 30.5 Å². The lowest BCUT2D eigenvalue weighted by atomic mass is 9.78. The van der Waals surface area contributed by atoms with Crippen molar-refractivity contribution in [3.05, 3.63) is 47.6 Å². The first-order chi connectivity index (χ1) is 30.3. The molecule has 0 aromatic carbocycles. The third kappa shape index (κ3) is 14.5. The fourth-order valence-electron chi connectivity index (χ4n) is 10.3. The molecule has 15 atom stereocenters. The Morgan fingerprint density at radius 1 is 0.828 bits per heavy atom. The van der Waals surface area contributed by atoms with Gasteiger partial charge in [-0.3, -0.25) is 14.4 Å². The van der Waals surface area contributed by atoms with Gasteiger partial charge in [-0.15, -0.1) is 0 Å². The molecule has 3 N–H and O–H groups in total. The largest absolute Gasteiger partial charge is 0.460 e. The number of hydrogen-bond donors (Lipinski definition) is 3. The Morgan fingerprint density at radius 3 is 2.23 bits per heavy atom. The van der Waals surface area contributed by atoms with E-state index >= 15 is 0 Å². The lowest BCUT2D eigenvalue weighted by Gasteiger charge is -2.42. The number of methoxy groups -OCH3 is 3. The van der Waals surface area contributed by atoms with Crippen molar-refractivity contribution in [2.45, 2.75) is 186 Å². The fraction of sp³-hybridized carbons (Fsp3) is 0.765. The second kappa shape index (κ2) is 25.2. The molecule has 1 unspecified atom stereocenters. The molecule has 3 fully saturated rings. The molecule has 1 amide bonds. The fourth-order valence-corrected chi connectivity index (χ4v) is 10.3. The number of ether oxygens (including phenoxy) is 5. The minimum atomic E-state index is -2.40. The van der Waals surface area contributed by atoms with Crippen LogP contribution in [0.5, 0.6) is 0 Å². The van der Waals surface area contributed by atoms with E-state index in [1.165, 1.54) is 4.90 Å². The molecule has 4 aliphatic rings. The van der Waals surface area contributed by atoms with Crippen molar-refractivity contribution >= 4 is 23.4 Å². The zero-order valence-corrected chi connectivity index (χ0v) is 40.4. The van der Waals surface area contributed by atoms with Crippen LogP contribution in [-0.2, 0) is 42.9 Å². The maximum absolute atomic E-state index is 14.4. The molecule has 3 heterocycles. The lowest BCUT2D eigenvalue weighted by Crippen LogP contribution is -2.61. The Kier molecular flexibility index (Phi) is 21.1. The van der Waals surface area contributed by atoms with E-state index in [4.69, 9.17) is 23.7 Å². The number of amides is 1. The van der Waals surface area contributed by atoms with E-state index in [1.807, 2.05) is 38.2 Å². The van der Waals surface area contributed by atoms with Crippen LogP contribution in [0.4, 0.5) is 0 Å². The second-order valence-electron chi connectivity index (χ2n) is 19.7. The second-order valence-corrected chi connectivity index (χ2v) is 19.7. The normalized spacial score (nSPS) is 40.8. The van der Waals surface area contributed by atoms with Gasteiger partial charge in [-0.25, -0.2) is 4.79 Å². The van der Waals surface area contributed by atoms with Crippen molar-refractivity contribution in [2.24, 2.45) is 35.5 Å². The predicted octanol–water partition coefficient (Wildman–Crippen LogP) is 7.00. The molecule has 1 aliphatic carbocycles. The highest BCUT2D eigenvalue weighted by atomic mass is 16.6. The molecular weight excluding hydrogens is 819 g/mol. The average Bonchev–Trinajstić information content (AvgIpc) is 3.27. The zero-order valence-electron chi connectivity index (χ0n) is 40.4. The molecule has 4 rings (SSSR count). The van der Waals surface area contributed by atoms with Crippen molar-refractivity contribution in [3.8, 4) is 0 Å². The smallest absolute Gasteiger partial charge is 0.329 e. The number of carbonyl (C=O) groups is 4. The number of hydrogen-bond acceptors (Lipinski definition) is 12. The summed E-state index contributed by atoms with van der Waals surface area (Å²) < 4.78 is 29.7. The number of esters is 1. The van der Waals surface area contributed by atoms with Crippen molar-refractivity contribution in [1.82, 2.24) is 4.90 Å². The molecule has 64 heavy (non-hydrogen) atoms. The number of piperidine rings is 1. The Hall–Kier alpha value is -3.04. The summed E-state index contributed by atoms with van der Waals surface area (Å²) in [6.07, 6.45) is 14.3. The van der Waals surface area contributed by atoms with Gasteiger partial charge in [0.1, 0.15) is 24.0 Å². The zero-order chi connectivity index (χ0) is 47.3. The van der Waals surface area contributed by atoms with E-state index < -0.39 is 71.8 Å². The Balaban J connectivity index is 1.68. The minimum absolute atomic E-state index is 0.106. The monoisotopic (exact) mass is 900 g/mol. The van der Waals surface area contributed by atoms with E-state index in [0.29, 0.717) is 63.4 Å². The summed E-state index contributed by atoms with van der Waals surface area (Å²) in [5, 5.41) is 33.9. The van der Waals surface area contributed by atoms with E-state index in [9.17, 15) is 34.5 Å². The van der Waals surface area contributed by atoms with Crippen LogP contribution in [0, 0.1) is 35.5 Å². The summed E-state index contributed by atoms with van der Waals surface area (Å²) in [6.45, 7) is 13.6. The van der Waals surface area contributed by atoms with Crippen molar-refractivity contribution in [2.75, 3.05) is 27.9 Å². The maximum atomic E-state index is 14.4.